The second-order valence-corrected chi connectivity index (χ2v) is 13.7. The van der Waals surface area contributed by atoms with E-state index in [-0.39, 0.29) is 14.7 Å². The maximum atomic E-state index is 14.2. The third-order valence-electron chi connectivity index (χ3n) is 6.26. The van der Waals surface area contributed by atoms with Gasteiger partial charge in [0, 0.05) is 14.7 Å². The molecule has 230 valence electrons. The Morgan fingerprint density at radius 3 is 1.40 bits per heavy atom. The summed E-state index contributed by atoms with van der Waals surface area (Å²) < 4.78 is 159. The van der Waals surface area contributed by atoms with E-state index >= 15 is 0 Å². The van der Waals surface area contributed by atoms with E-state index in [1.807, 2.05) is 0 Å². The van der Waals surface area contributed by atoms with Gasteiger partial charge in [0.2, 0.25) is 0 Å². The van der Waals surface area contributed by atoms with Gasteiger partial charge in [-0.2, -0.15) is 47.9 Å². The van der Waals surface area contributed by atoms with Crippen LogP contribution in [0, 0.1) is 13.8 Å². The number of benzene rings is 4. The topological polar surface area (TPSA) is 43.4 Å². The van der Waals surface area contributed by atoms with Gasteiger partial charge in [-0.15, -0.1) is 0 Å². The van der Waals surface area contributed by atoms with E-state index in [1.54, 1.807) is 38.1 Å². The molecule has 0 fully saturated rings. The van der Waals surface area contributed by atoms with E-state index < -0.39 is 72.7 Å². The molecule has 0 amide bonds. The van der Waals surface area contributed by atoms with Gasteiger partial charge < -0.3 is 0 Å². The van der Waals surface area contributed by atoms with E-state index in [0.29, 0.717) is 11.1 Å². The van der Waals surface area contributed by atoms with Crippen molar-refractivity contribution in [2.75, 3.05) is 0 Å². The second kappa shape index (κ2) is 11.2. The van der Waals surface area contributed by atoms with Crippen LogP contribution in [0.3, 0.4) is 0 Å². The molecule has 0 radical (unpaired) electrons. The fourth-order valence-electron chi connectivity index (χ4n) is 4.50. The lowest BCUT2D eigenvalue weighted by Crippen LogP contribution is -2.25. The smallest absolute Gasteiger partial charge is 0.203 e. The average Bonchev–Trinajstić information content (AvgIpc) is 2.91. The van der Waals surface area contributed by atoms with Crippen molar-refractivity contribution < 1.29 is 51.6 Å². The molecular formula is C29H21F9O3S2. The van der Waals surface area contributed by atoms with Crippen LogP contribution < -0.4 is 0 Å². The number of aryl methyl sites for hydroxylation is 2. The summed E-state index contributed by atoms with van der Waals surface area (Å²) in [4.78, 5) is -2.15. The lowest BCUT2D eigenvalue weighted by molar-refractivity contribution is -0.152. The van der Waals surface area contributed by atoms with Gasteiger partial charge >= 0.3 is 28.6 Å². The van der Waals surface area contributed by atoms with Crippen molar-refractivity contribution in [2.45, 2.75) is 52.0 Å². The summed E-state index contributed by atoms with van der Waals surface area (Å²) in [6, 6.07) is 17.9. The van der Waals surface area contributed by atoms with E-state index in [9.17, 15) is 47.9 Å². The number of alkyl halides is 9. The molecule has 43 heavy (non-hydrogen) atoms. The van der Waals surface area contributed by atoms with E-state index in [2.05, 4.69) is 0 Å². The molecule has 3 nitrogen and oxygen atoms in total. The highest BCUT2D eigenvalue weighted by Crippen LogP contribution is 2.71. The van der Waals surface area contributed by atoms with Crippen molar-refractivity contribution in [2.24, 2.45) is 0 Å². The molecule has 0 unspecified atom stereocenters. The Bertz CT molecular complexity index is 1660. The van der Waals surface area contributed by atoms with Crippen molar-refractivity contribution in [3.63, 3.8) is 0 Å². The normalized spacial score (nSPS) is 13.7. The lowest BCUT2D eigenvalue weighted by Gasteiger charge is -2.40. The monoisotopic (exact) mass is 652 g/mol. The van der Waals surface area contributed by atoms with Crippen LogP contribution in [0.15, 0.2) is 111 Å². The molecule has 0 saturated carbocycles. The van der Waals surface area contributed by atoms with Crippen molar-refractivity contribution >= 4 is 20.4 Å². The van der Waals surface area contributed by atoms with Crippen LogP contribution in [0.2, 0.25) is 0 Å². The Balaban J connectivity index is 2.17. The van der Waals surface area contributed by atoms with Crippen molar-refractivity contribution in [1.29, 1.82) is 0 Å². The quantitative estimate of drug-likeness (QED) is 0.195. The molecule has 4 rings (SSSR count). The zero-order valence-electron chi connectivity index (χ0n) is 22.1. The van der Waals surface area contributed by atoms with E-state index in [0.717, 1.165) is 0 Å². The maximum absolute atomic E-state index is 14.2. The summed E-state index contributed by atoms with van der Waals surface area (Å²) >= 11 is 0. The molecule has 0 N–H and O–H groups in total. The first-order chi connectivity index (χ1) is 19.8. The van der Waals surface area contributed by atoms with Gasteiger partial charge in [0.15, 0.2) is 0 Å². The maximum Gasteiger partial charge on any atom is 0.417 e. The largest absolute Gasteiger partial charge is 0.417 e. The summed E-state index contributed by atoms with van der Waals surface area (Å²) in [6.07, 6.45) is -17.6. The van der Waals surface area contributed by atoms with Crippen LogP contribution in [0.1, 0.15) is 27.8 Å². The summed E-state index contributed by atoms with van der Waals surface area (Å²) in [5.74, 6) is 0. The minimum absolute atomic E-state index is 0.0887. The molecule has 0 aliphatic rings. The SMILES string of the molecule is Cc1ccc(S(OS(=O)(=O)c2c(C(F)(F)F)cc(C(F)(F)F)cc2C(F)(F)F)(c2ccccc2)c2ccccc2)c(C)c1. The predicted octanol–water partition coefficient (Wildman–Crippen LogP) is 9.96. The zero-order chi connectivity index (χ0) is 32.0. The fourth-order valence-corrected chi connectivity index (χ4v) is 10.3. The number of halogens is 9. The molecule has 14 heteroatoms. The highest BCUT2D eigenvalue weighted by atomic mass is 32.3. The molecule has 0 saturated heterocycles. The van der Waals surface area contributed by atoms with Crippen LogP contribution in [0.25, 0.3) is 0 Å². The first-order valence-corrected chi connectivity index (χ1v) is 15.1. The minimum atomic E-state index is -6.15. The summed E-state index contributed by atoms with van der Waals surface area (Å²) in [7, 11) is -9.84. The van der Waals surface area contributed by atoms with Gasteiger partial charge in [-0.1, -0.05) is 54.1 Å². The van der Waals surface area contributed by atoms with Gasteiger partial charge in [0.25, 0.3) is 0 Å². The zero-order valence-corrected chi connectivity index (χ0v) is 23.7. The Morgan fingerprint density at radius 2 is 1.02 bits per heavy atom. The van der Waals surface area contributed by atoms with E-state index in [1.165, 1.54) is 54.6 Å². The van der Waals surface area contributed by atoms with Gasteiger partial charge in [0.1, 0.15) is 4.90 Å². The molecule has 0 aliphatic carbocycles. The highest BCUT2D eigenvalue weighted by molar-refractivity contribution is 8.33. The third-order valence-corrected chi connectivity index (χ3v) is 11.7. The summed E-state index contributed by atoms with van der Waals surface area (Å²) in [5, 5.41) is 0. The first kappa shape index (κ1) is 32.4. The standard InChI is InChI=1S/C29H21F9O3S2/c1-18-13-14-25(19(2)15-18)42(21-9-5-3-6-10-21,22-11-7-4-8-12-22)41-43(39,40)26-23(28(33,34)35)16-20(27(30,31)32)17-24(26)29(36,37)38/h3-17H,1-2H3. The van der Waals surface area contributed by atoms with Crippen LogP contribution >= 0.6 is 10.3 Å². The number of hydrogen-bond acceptors (Lipinski definition) is 3. The van der Waals surface area contributed by atoms with E-state index in [4.69, 9.17) is 3.63 Å². The van der Waals surface area contributed by atoms with Gasteiger partial charge in [-0.25, -0.2) is 3.63 Å². The van der Waals surface area contributed by atoms with Crippen molar-refractivity contribution in [1.82, 2.24) is 0 Å². The lowest BCUT2D eigenvalue weighted by atomic mass is 10.0. The molecular weight excluding hydrogens is 631 g/mol. The average molecular weight is 653 g/mol. The Morgan fingerprint density at radius 1 is 0.581 bits per heavy atom. The van der Waals surface area contributed by atoms with Crippen LogP contribution in [0.4, 0.5) is 39.5 Å². The van der Waals surface area contributed by atoms with Gasteiger partial charge in [0.05, 0.1) is 16.7 Å². The van der Waals surface area contributed by atoms with Gasteiger partial charge in [-0.05, 0) is 72.2 Å². The molecule has 4 aromatic carbocycles. The van der Waals surface area contributed by atoms with Gasteiger partial charge in [-0.3, -0.25) is 0 Å². The van der Waals surface area contributed by atoms with Crippen LogP contribution in [-0.2, 0) is 32.3 Å². The second-order valence-electron chi connectivity index (χ2n) is 9.37. The minimum Gasteiger partial charge on any atom is -0.203 e. The molecule has 0 bridgehead atoms. The summed E-state index contributed by atoms with van der Waals surface area (Å²) in [6.45, 7) is 3.27. The molecule has 0 aliphatic heterocycles. The third kappa shape index (κ3) is 6.41. The summed E-state index contributed by atoms with van der Waals surface area (Å²) in [5.41, 5.74) is -6.54. The fraction of sp³-hybridized carbons (Fsp3) is 0.172. The molecule has 0 atom stereocenters. The number of rotatable bonds is 6. The van der Waals surface area contributed by atoms with Crippen LogP contribution in [0.5, 0.6) is 0 Å². The predicted molar refractivity (Wildman–Crippen MR) is 141 cm³/mol. The first-order valence-electron chi connectivity index (χ1n) is 12.1. The molecule has 0 heterocycles. The Kier molecular flexibility index (Phi) is 8.46. The molecule has 0 aromatic heterocycles. The molecule has 0 spiro atoms. The van der Waals surface area contributed by atoms with Crippen LogP contribution in [-0.4, -0.2) is 8.42 Å². The number of hydrogen-bond donors (Lipinski definition) is 0. The van der Waals surface area contributed by atoms with Crippen molar-refractivity contribution in [3.8, 4) is 0 Å². The van der Waals surface area contributed by atoms with Crippen molar-refractivity contribution in [3.05, 3.63) is 119 Å². The molecule has 4 aromatic rings. The Hall–Kier alpha value is -3.49. The Labute approximate surface area is 242 Å². The highest BCUT2D eigenvalue weighted by Gasteiger charge is 2.50.